The Balaban J connectivity index is 2.32. The van der Waals surface area contributed by atoms with Crippen molar-refractivity contribution in [2.75, 3.05) is 21.3 Å². The summed E-state index contributed by atoms with van der Waals surface area (Å²) < 4.78 is 15.8. The Labute approximate surface area is 129 Å². The van der Waals surface area contributed by atoms with Crippen molar-refractivity contribution in [3.05, 3.63) is 53.9 Å². The van der Waals surface area contributed by atoms with Crippen LogP contribution in [0.15, 0.2) is 42.7 Å². The van der Waals surface area contributed by atoms with Gasteiger partial charge in [-0.05, 0) is 30.4 Å². The molecule has 22 heavy (non-hydrogen) atoms. The van der Waals surface area contributed by atoms with Crippen molar-refractivity contribution in [3.8, 4) is 17.2 Å². The molecule has 2 rings (SSSR count). The number of carbonyl (C=O) groups excluding carboxylic acids is 1. The Morgan fingerprint density at radius 2 is 1.55 bits per heavy atom. The first-order valence-electron chi connectivity index (χ1n) is 6.62. The van der Waals surface area contributed by atoms with Gasteiger partial charge >= 0.3 is 0 Å². The van der Waals surface area contributed by atoms with Crippen LogP contribution < -0.4 is 14.2 Å². The zero-order valence-corrected chi connectivity index (χ0v) is 12.7. The Morgan fingerprint density at radius 1 is 0.955 bits per heavy atom. The summed E-state index contributed by atoms with van der Waals surface area (Å²) in [6, 6.07) is 6.81. The zero-order chi connectivity index (χ0) is 15.9. The molecule has 0 aliphatic rings. The van der Waals surface area contributed by atoms with Gasteiger partial charge in [-0.2, -0.15) is 0 Å². The highest BCUT2D eigenvalue weighted by molar-refractivity contribution is 6.06. The highest BCUT2D eigenvalue weighted by Crippen LogP contribution is 2.35. The third-order valence-electron chi connectivity index (χ3n) is 3.11. The van der Waals surface area contributed by atoms with Gasteiger partial charge in [0.15, 0.2) is 17.3 Å². The van der Waals surface area contributed by atoms with Gasteiger partial charge in [0.2, 0.25) is 0 Å². The van der Waals surface area contributed by atoms with Gasteiger partial charge < -0.3 is 14.2 Å². The number of aromatic nitrogens is 1. The number of carbonyl (C=O) groups is 1. The molecular weight excluding hydrogens is 282 g/mol. The lowest BCUT2D eigenvalue weighted by Crippen LogP contribution is -1.96. The van der Waals surface area contributed by atoms with Gasteiger partial charge in [-0.3, -0.25) is 9.78 Å². The quantitative estimate of drug-likeness (QED) is 0.606. The Morgan fingerprint density at radius 3 is 2.14 bits per heavy atom. The van der Waals surface area contributed by atoms with Crippen molar-refractivity contribution >= 4 is 11.9 Å². The Hall–Kier alpha value is -2.82. The molecule has 1 aromatic carbocycles. The van der Waals surface area contributed by atoms with E-state index < -0.39 is 0 Å². The van der Waals surface area contributed by atoms with Crippen LogP contribution >= 0.6 is 0 Å². The summed E-state index contributed by atoms with van der Waals surface area (Å²) in [4.78, 5) is 16.0. The predicted molar refractivity (Wildman–Crippen MR) is 83.7 cm³/mol. The summed E-state index contributed by atoms with van der Waals surface area (Å²) in [6.45, 7) is 0. The molecule has 1 heterocycles. The largest absolute Gasteiger partial charge is 0.496 e. The molecule has 5 nitrogen and oxygen atoms in total. The first kappa shape index (κ1) is 15.6. The van der Waals surface area contributed by atoms with E-state index in [2.05, 4.69) is 4.98 Å². The third kappa shape index (κ3) is 3.44. The molecule has 2 aromatic rings. The minimum absolute atomic E-state index is 0.112. The lowest BCUT2D eigenvalue weighted by Gasteiger charge is -2.12. The van der Waals surface area contributed by atoms with E-state index in [1.807, 2.05) is 0 Å². The van der Waals surface area contributed by atoms with Gasteiger partial charge in [-0.25, -0.2) is 0 Å². The minimum Gasteiger partial charge on any atom is -0.496 e. The number of methoxy groups -OCH3 is 3. The van der Waals surface area contributed by atoms with Gasteiger partial charge in [-0.15, -0.1) is 0 Å². The maximum atomic E-state index is 12.1. The Kier molecular flexibility index (Phi) is 5.14. The lowest BCUT2D eigenvalue weighted by molar-refractivity contribution is 0.104. The molecule has 0 N–H and O–H groups in total. The molecule has 0 saturated carbocycles. The summed E-state index contributed by atoms with van der Waals surface area (Å²) >= 11 is 0. The summed E-state index contributed by atoms with van der Waals surface area (Å²) in [7, 11) is 4.67. The van der Waals surface area contributed by atoms with E-state index in [9.17, 15) is 4.79 Å². The first-order valence-corrected chi connectivity index (χ1v) is 6.62. The predicted octanol–water partition coefficient (Wildman–Crippen LogP) is 3.00. The van der Waals surface area contributed by atoms with Crippen molar-refractivity contribution < 1.29 is 19.0 Å². The molecule has 0 spiro atoms. The lowest BCUT2D eigenvalue weighted by atomic mass is 10.1. The molecule has 0 aliphatic heterocycles. The summed E-state index contributed by atoms with van der Waals surface area (Å²) in [5.41, 5.74) is 1.30. The molecule has 0 amide bonds. The van der Waals surface area contributed by atoms with E-state index in [1.165, 1.54) is 6.08 Å². The van der Waals surface area contributed by atoms with Gasteiger partial charge in [0, 0.05) is 29.6 Å². The molecule has 1 aromatic heterocycles. The fourth-order valence-electron chi connectivity index (χ4n) is 1.96. The highest BCUT2D eigenvalue weighted by atomic mass is 16.5. The number of allylic oxidation sites excluding steroid dienone is 1. The van der Waals surface area contributed by atoms with Crippen LogP contribution in [0.25, 0.3) is 6.08 Å². The van der Waals surface area contributed by atoms with Gasteiger partial charge in [0.25, 0.3) is 0 Å². The average molecular weight is 299 g/mol. The number of ether oxygens (including phenoxy) is 3. The fraction of sp³-hybridized carbons (Fsp3) is 0.176. The second-order valence-corrected chi connectivity index (χ2v) is 4.38. The van der Waals surface area contributed by atoms with E-state index in [1.54, 1.807) is 64.1 Å². The first-order chi connectivity index (χ1) is 10.7. The monoisotopic (exact) mass is 299 g/mol. The topological polar surface area (TPSA) is 57.7 Å². The number of ketones is 1. The van der Waals surface area contributed by atoms with Crippen LogP contribution in [0.3, 0.4) is 0 Å². The van der Waals surface area contributed by atoms with Gasteiger partial charge in [0.05, 0.1) is 21.3 Å². The van der Waals surface area contributed by atoms with Crippen LogP contribution in [0, 0.1) is 0 Å². The van der Waals surface area contributed by atoms with Crippen LogP contribution in [0.4, 0.5) is 0 Å². The molecule has 0 aliphatic carbocycles. The van der Waals surface area contributed by atoms with Crippen LogP contribution in [0.1, 0.15) is 15.9 Å². The van der Waals surface area contributed by atoms with E-state index in [0.717, 1.165) is 5.56 Å². The number of rotatable bonds is 6. The number of pyridine rings is 1. The maximum Gasteiger partial charge on any atom is 0.185 e. The van der Waals surface area contributed by atoms with E-state index >= 15 is 0 Å². The van der Waals surface area contributed by atoms with Crippen molar-refractivity contribution in [3.63, 3.8) is 0 Å². The second-order valence-electron chi connectivity index (χ2n) is 4.38. The second kappa shape index (κ2) is 7.26. The molecule has 0 unspecified atom stereocenters. The molecule has 114 valence electrons. The highest BCUT2D eigenvalue weighted by Gasteiger charge is 2.10. The molecule has 0 radical (unpaired) electrons. The zero-order valence-electron chi connectivity index (χ0n) is 12.7. The van der Waals surface area contributed by atoms with Gasteiger partial charge in [0.1, 0.15) is 5.75 Å². The van der Waals surface area contributed by atoms with Crippen LogP contribution in [-0.2, 0) is 0 Å². The van der Waals surface area contributed by atoms with Crippen molar-refractivity contribution in [1.29, 1.82) is 0 Å². The van der Waals surface area contributed by atoms with Crippen LogP contribution in [0.5, 0.6) is 17.2 Å². The summed E-state index contributed by atoms with van der Waals surface area (Å²) in [5.74, 6) is 1.62. The number of hydrogen-bond donors (Lipinski definition) is 0. The molecular formula is C17H17NO4. The standard InChI is InChI=1S/C17H17NO4/c1-20-15-11-17(22-3)16(21-2)10-13(15)4-5-14(19)12-6-8-18-9-7-12/h4-11H,1-3H3. The van der Waals surface area contributed by atoms with E-state index in [0.29, 0.717) is 22.8 Å². The summed E-state index contributed by atoms with van der Waals surface area (Å²) in [5, 5.41) is 0. The molecule has 0 saturated heterocycles. The minimum atomic E-state index is -0.112. The van der Waals surface area contributed by atoms with Crippen molar-refractivity contribution in [2.45, 2.75) is 0 Å². The summed E-state index contributed by atoms with van der Waals surface area (Å²) in [6.07, 6.45) is 6.33. The van der Waals surface area contributed by atoms with Crippen molar-refractivity contribution in [2.24, 2.45) is 0 Å². The molecule has 0 fully saturated rings. The number of nitrogens with zero attached hydrogens (tertiary/aromatic N) is 1. The fourth-order valence-corrected chi connectivity index (χ4v) is 1.96. The number of benzene rings is 1. The maximum absolute atomic E-state index is 12.1. The average Bonchev–Trinajstić information content (AvgIpc) is 2.59. The third-order valence-corrected chi connectivity index (χ3v) is 3.11. The number of hydrogen-bond acceptors (Lipinski definition) is 5. The Bertz CT molecular complexity index is 681. The molecule has 0 bridgehead atoms. The van der Waals surface area contributed by atoms with Crippen molar-refractivity contribution in [1.82, 2.24) is 4.98 Å². The van der Waals surface area contributed by atoms with E-state index in [4.69, 9.17) is 14.2 Å². The normalized spacial score (nSPS) is 10.5. The van der Waals surface area contributed by atoms with Gasteiger partial charge in [-0.1, -0.05) is 0 Å². The van der Waals surface area contributed by atoms with E-state index in [-0.39, 0.29) is 5.78 Å². The van der Waals surface area contributed by atoms with Crippen LogP contribution in [0.2, 0.25) is 0 Å². The smallest absolute Gasteiger partial charge is 0.185 e. The molecule has 0 atom stereocenters. The molecule has 5 heteroatoms. The van der Waals surface area contributed by atoms with Crippen LogP contribution in [-0.4, -0.2) is 32.1 Å². The SMILES string of the molecule is COc1cc(OC)c(OC)cc1C=CC(=O)c1ccncc1.